The van der Waals surface area contributed by atoms with Gasteiger partial charge in [-0.3, -0.25) is 0 Å². The number of aromatic nitrogens is 2. The van der Waals surface area contributed by atoms with Gasteiger partial charge in [0.05, 0.1) is 24.0 Å². The number of benzene rings is 1. The van der Waals surface area contributed by atoms with Crippen molar-refractivity contribution in [3.63, 3.8) is 0 Å². The molecule has 1 aliphatic rings. The van der Waals surface area contributed by atoms with Crippen LogP contribution in [0.3, 0.4) is 0 Å². The van der Waals surface area contributed by atoms with E-state index in [4.69, 9.17) is 16.3 Å². The summed E-state index contributed by atoms with van der Waals surface area (Å²) in [6, 6.07) is 2.52. The van der Waals surface area contributed by atoms with E-state index in [2.05, 4.69) is 4.98 Å². The molecule has 1 unspecified atom stereocenters. The zero-order chi connectivity index (χ0) is 12.7. The minimum atomic E-state index is -0.872. The summed E-state index contributed by atoms with van der Waals surface area (Å²) < 4.78 is 34.3. The summed E-state index contributed by atoms with van der Waals surface area (Å²) in [5.74, 6) is -1.04. The topological polar surface area (TPSA) is 27.1 Å². The van der Waals surface area contributed by atoms with Gasteiger partial charge in [-0.25, -0.2) is 13.8 Å². The van der Waals surface area contributed by atoms with Crippen molar-refractivity contribution >= 4 is 22.6 Å². The molecule has 1 aromatic heterocycles. The van der Waals surface area contributed by atoms with Crippen molar-refractivity contribution in [1.82, 2.24) is 9.55 Å². The first-order chi connectivity index (χ1) is 8.72. The Balaban J connectivity index is 2.28. The number of fused-ring (bicyclic) bond motifs is 1. The number of alkyl halides is 1. The number of hydrogen-bond acceptors (Lipinski definition) is 2. The van der Waals surface area contributed by atoms with Crippen molar-refractivity contribution in [1.29, 1.82) is 0 Å². The van der Waals surface area contributed by atoms with E-state index >= 15 is 0 Å². The highest BCUT2D eigenvalue weighted by Crippen LogP contribution is 2.30. The summed E-state index contributed by atoms with van der Waals surface area (Å²) in [5.41, 5.74) is 0.609. The average Bonchev–Trinajstić information content (AvgIpc) is 2.99. The number of ether oxygens (including phenoxy) is 1. The van der Waals surface area contributed by atoms with Gasteiger partial charge in [0.25, 0.3) is 0 Å². The second kappa shape index (κ2) is 4.48. The molecule has 0 N–H and O–H groups in total. The lowest BCUT2D eigenvalue weighted by atomic mass is 10.2. The molecule has 0 spiro atoms. The molecule has 18 heavy (non-hydrogen) atoms. The SMILES string of the molecule is Fc1ccc2nc(CCl)n(C3CCOC3)c2c1F. The lowest BCUT2D eigenvalue weighted by Gasteiger charge is -2.14. The molecule has 1 fully saturated rings. The van der Waals surface area contributed by atoms with Crippen LogP contribution in [0, 0.1) is 11.6 Å². The van der Waals surface area contributed by atoms with Crippen LogP contribution in [0.4, 0.5) is 8.78 Å². The largest absolute Gasteiger partial charge is 0.379 e. The van der Waals surface area contributed by atoms with Crippen LogP contribution in [0.1, 0.15) is 18.3 Å². The molecule has 1 saturated heterocycles. The fourth-order valence-electron chi connectivity index (χ4n) is 2.38. The molecule has 0 aliphatic carbocycles. The average molecular weight is 273 g/mol. The van der Waals surface area contributed by atoms with Gasteiger partial charge in [0.15, 0.2) is 11.6 Å². The van der Waals surface area contributed by atoms with E-state index in [0.717, 1.165) is 12.5 Å². The minimum Gasteiger partial charge on any atom is -0.379 e. The molecule has 2 aromatic rings. The lowest BCUT2D eigenvalue weighted by Crippen LogP contribution is -2.12. The van der Waals surface area contributed by atoms with E-state index in [9.17, 15) is 8.78 Å². The molecule has 0 bridgehead atoms. The molecule has 3 rings (SSSR count). The highest BCUT2D eigenvalue weighted by molar-refractivity contribution is 6.16. The lowest BCUT2D eigenvalue weighted by molar-refractivity contribution is 0.186. The van der Waals surface area contributed by atoms with Gasteiger partial charge in [0.2, 0.25) is 0 Å². The van der Waals surface area contributed by atoms with Gasteiger partial charge in [-0.1, -0.05) is 0 Å². The van der Waals surface area contributed by atoms with Gasteiger partial charge < -0.3 is 9.30 Å². The van der Waals surface area contributed by atoms with E-state index in [1.807, 2.05) is 0 Å². The third-order valence-electron chi connectivity index (χ3n) is 3.21. The van der Waals surface area contributed by atoms with Gasteiger partial charge in [-0.15, -0.1) is 11.6 Å². The minimum absolute atomic E-state index is 0.0277. The molecule has 1 aromatic carbocycles. The van der Waals surface area contributed by atoms with Crippen LogP contribution in [-0.2, 0) is 10.6 Å². The second-order valence-electron chi connectivity index (χ2n) is 4.28. The molecule has 0 amide bonds. The quantitative estimate of drug-likeness (QED) is 0.786. The van der Waals surface area contributed by atoms with Gasteiger partial charge in [-0.2, -0.15) is 0 Å². The summed E-state index contributed by atoms with van der Waals surface area (Å²) in [6.07, 6.45) is 0.755. The molecule has 96 valence electrons. The van der Waals surface area contributed by atoms with Gasteiger partial charge in [0, 0.05) is 6.61 Å². The van der Waals surface area contributed by atoms with Crippen molar-refractivity contribution in [2.24, 2.45) is 0 Å². The number of imidazole rings is 1. The van der Waals surface area contributed by atoms with Crippen molar-refractivity contribution in [2.45, 2.75) is 18.3 Å². The van der Waals surface area contributed by atoms with Crippen molar-refractivity contribution in [2.75, 3.05) is 13.2 Å². The molecule has 3 nitrogen and oxygen atoms in total. The molecule has 0 radical (unpaired) electrons. The molecule has 6 heteroatoms. The summed E-state index contributed by atoms with van der Waals surface area (Å²) >= 11 is 5.83. The molecular formula is C12H11ClF2N2O. The Morgan fingerprint density at radius 2 is 2.28 bits per heavy atom. The van der Waals surface area contributed by atoms with Crippen LogP contribution in [0.2, 0.25) is 0 Å². The van der Waals surface area contributed by atoms with Crippen LogP contribution in [0.15, 0.2) is 12.1 Å². The van der Waals surface area contributed by atoms with Crippen LogP contribution in [0.5, 0.6) is 0 Å². The maximum absolute atomic E-state index is 13.9. The van der Waals surface area contributed by atoms with Gasteiger partial charge in [-0.05, 0) is 18.6 Å². The number of halogens is 3. The Morgan fingerprint density at radius 1 is 1.44 bits per heavy atom. The highest BCUT2D eigenvalue weighted by atomic mass is 35.5. The summed E-state index contributed by atoms with van der Waals surface area (Å²) in [7, 11) is 0. The normalized spacial score (nSPS) is 19.8. The van der Waals surface area contributed by atoms with Crippen LogP contribution >= 0.6 is 11.6 Å². The Labute approximate surface area is 107 Å². The maximum atomic E-state index is 13.9. The Hall–Kier alpha value is -1.20. The maximum Gasteiger partial charge on any atom is 0.184 e. The van der Waals surface area contributed by atoms with E-state index in [1.165, 1.54) is 6.07 Å². The zero-order valence-corrected chi connectivity index (χ0v) is 10.3. The fraction of sp³-hybridized carbons (Fsp3) is 0.417. The predicted octanol–water partition coefficient (Wildman–Crippen LogP) is 3.01. The summed E-state index contributed by atoms with van der Waals surface area (Å²) in [6.45, 7) is 1.09. The van der Waals surface area contributed by atoms with E-state index in [-0.39, 0.29) is 17.4 Å². The first kappa shape index (κ1) is 11.9. The second-order valence-corrected chi connectivity index (χ2v) is 4.55. The first-order valence-electron chi connectivity index (χ1n) is 5.71. The third kappa shape index (κ3) is 1.69. The molecule has 2 heterocycles. The van der Waals surface area contributed by atoms with Crippen LogP contribution in [0.25, 0.3) is 11.0 Å². The Morgan fingerprint density at radius 3 is 2.94 bits per heavy atom. The van der Waals surface area contributed by atoms with Gasteiger partial charge >= 0.3 is 0 Å². The zero-order valence-electron chi connectivity index (χ0n) is 9.50. The van der Waals surface area contributed by atoms with Crippen molar-refractivity contribution < 1.29 is 13.5 Å². The summed E-state index contributed by atoms with van der Waals surface area (Å²) in [5, 5.41) is 0. The predicted molar refractivity (Wildman–Crippen MR) is 63.7 cm³/mol. The monoisotopic (exact) mass is 272 g/mol. The standard InChI is InChI=1S/C12H11ClF2N2O/c13-5-10-16-9-2-1-8(14)11(15)12(9)17(10)7-3-4-18-6-7/h1-2,7H,3-6H2. The molecular weight excluding hydrogens is 262 g/mol. The third-order valence-corrected chi connectivity index (χ3v) is 3.45. The number of rotatable bonds is 2. The highest BCUT2D eigenvalue weighted by Gasteiger charge is 2.25. The molecule has 1 aliphatic heterocycles. The van der Waals surface area contributed by atoms with E-state index in [0.29, 0.717) is 24.6 Å². The number of nitrogens with zero attached hydrogens (tertiary/aromatic N) is 2. The van der Waals surface area contributed by atoms with E-state index in [1.54, 1.807) is 4.57 Å². The number of hydrogen-bond donors (Lipinski definition) is 0. The first-order valence-corrected chi connectivity index (χ1v) is 6.24. The van der Waals surface area contributed by atoms with Crippen molar-refractivity contribution in [3.05, 3.63) is 29.6 Å². The Bertz CT molecular complexity index is 593. The molecule has 0 saturated carbocycles. The fourth-order valence-corrected chi connectivity index (χ4v) is 2.57. The van der Waals surface area contributed by atoms with Gasteiger partial charge in [0.1, 0.15) is 11.3 Å². The smallest absolute Gasteiger partial charge is 0.184 e. The van der Waals surface area contributed by atoms with E-state index < -0.39 is 11.6 Å². The molecule has 1 atom stereocenters. The van der Waals surface area contributed by atoms with Crippen LogP contribution < -0.4 is 0 Å². The Kier molecular flexibility index (Phi) is 2.95. The van der Waals surface area contributed by atoms with Crippen molar-refractivity contribution in [3.8, 4) is 0 Å². The summed E-state index contributed by atoms with van der Waals surface area (Å²) in [4.78, 5) is 4.25. The van der Waals surface area contributed by atoms with Crippen LogP contribution in [-0.4, -0.2) is 22.8 Å².